The van der Waals surface area contributed by atoms with Crippen LogP contribution in [-0.4, -0.2) is 48.0 Å². The maximum atomic E-state index is 12.9. The average Bonchev–Trinajstić information content (AvgIpc) is 3.23. The summed E-state index contributed by atoms with van der Waals surface area (Å²) in [6.45, 7) is 1.68. The van der Waals surface area contributed by atoms with Crippen LogP contribution in [0.25, 0.3) is 16.6 Å². The van der Waals surface area contributed by atoms with Crippen LogP contribution in [0.2, 0.25) is 0 Å². The second-order valence-corrected chi connectivity index (χ2v) is 7.68. The van der Waals surface area contributed by atoms with Gasteiger partial charge in [-0.2, -0.15) is 0 Å². The van der Waals surface area contributed by atoms with Crippen LogP contribution in [-0.2, 0) is 11.3 Å². The van der Waals surface area contributed by atoms with Crippen molar-refractivity contribution in [1.29, 1.82) is 0 Å². The number of amides is 1. The number of carbonyl (C=O) groups is 1. The standard InChI is InChI=1S/C22H22N6O2/c29-20(10-13-27-15-23-18-8-2-1-7-17(18)22(27)30)26-11-5-6-16(14-26)21-25-24-19-9-3-4-12-28(19)21/h1-4,7-9,12,15-16H,5-6,10-11,13-14H2/t16-/m0/s1. The summed E-state index contributed by atoms with van der Waals surface area (Å²) in [5.74, 6) is 1.11. The minimum atomic E-state index is -0.111. The van der Waals surface area contributed by atoms with Gasteiger partial charge in [-0.15, -0.1) is 10.2 Å². The molecule has 1 saturated heterocycles. The van der Waals surface area contributed by atoms with Crippen LogP contribution in [0.5, 0.6) is 0 Å². The molecule has 0 bridgehead atoms. The van der Waals surface area contributed by atoms with E-state index < -0.39 is 0 Å². The van der Waals surface area contributed by atoms with Gasteiger partial charge in [0, 0.05) is 38.2 Å². The maximum Gasteiger partial charge on any atom is 0.261 e. The minimum Gasteiger partial charge on any atom is -0.342 e. The first-order valence-electron chi connectivity index (χ1n) is 10.2. The molecule has 1 aliphatic rings. The molecule has 1 amide bonds. The van der Waals surface area contributed by atoms with Gasteiger partial charge in [-0.3, -0.25) is 18.6 Å². The molecule has 1 fully saturated rings. The molecule has 3 aromatic heterocycles. The van der Waals surface area contributed by atoms with Crippen LogP contribution >= 0.6 is 0 Å². The summed E-state index contributed by atoms with van der Waals surface area (Å²) in [7, 11) is 0. The number of pyridine rings is 1. The van der Waals surface area contributed by atoms with Crippen molar-refractivity contribution in [2.45, 2.75) is 31.7 Å². The number of fused-ring (bicyclic) bond motifs is 2. The molecule has 1 atom stereocenters. The molecular weight excluding hydrogens is 380 g/mol. The summed E-state index contributed by atoms with van der Waals surface area (Å²) in [6.07, 6.45) is 5.67. The van der Waals surface area contributed by atoms with Gasteiger partial charge in [0.05, 0.1) is 17.2 Å². The van der Waals surface area contributed by atoms with Crippen LogP contribution < -0.4 is 5.56 Å². The van der Waals surface area contributed by atoms with Crippen molar-refractivity contribution in [1.82, 2.24) is 29.0 Å². The Kier molecular flexibility index (Phi) is 4.74. The first kappa shape index (κ1) is 18.5. The molecule has 0 radical (unpaired) electrons. The van der Waals surface area contributed by atoms with Gasteiger partial charge in [0.2, 0.25) is 5.91 Å². The van der Waals surface area contributed by atoms with Crippen LogP contribution in [0, 0.1) is 0 Å². The minimum absolute atomic E-state index is 0.0496. The Morgan fingerprint density at radius 3 is 2.90 bits per heavy atom. The molecule has 1 aliphatic heterocycles. The Hall–Kier alpha value is -3.55. The Morgan fingerprint density at radius 2 is 1.97 bits per heavy atom. The summed E-state index contributed by atoms with van der Waals surface area (Å²) < 4.78 is 3.52. The van der Waals surface area contributed by atoms with E-state index in [0.29, 0.717) is 24.0 Å². The highest BCUT2D eigenvalue weighted by Crippen LogP contribution is 2.26. The number of carbonyl (C=O) groups excluding carboxylic acids is 1. The molecule has 5 rings (SSSR count). The zero-order chi connectivity index (χ0) is 20.5. The maximum absolute atomic E-state index is 12.9. The molecule has 0 spiro atoms. The zero-order valence-corrected chi connectivity index (χ0v) is 16.5. The molecular formula is C22H22N6O2. The van der Waals surface area contributed by atoms with Crippen LogP contribution in [0.1, 0.15) is 31.0 Å². The number of hydrogen-bond donors (Lipinski definition) is 0. The lowest BCUT2D eigenvalue weighted by Crippen LogP contribution is -2.40. The highest BCUT2D eigenvalue weighted by Gasteiger charge is 2.27. The number of rotatable bonds is 4. The number of nitrogens with zero attached hydrogens (tertiary/aromatic N) is 6. The van der Waals surface area contributed by atoms with Crippen molar-refractivity contribution < 1.29 is 4.79 Å². The number of hydrogen-bond acceptors (Lipinski definition) is 5. The predicted octanol–water partition coefficient (Wildman–Crippen LogP) is 2.24. The zero-order valence-electron chi connectivity index (χ0n) is 16.5. The third-order valence-electron chi connectivity index (χ3n) is 5.78. The topological polar surface area (TPSA) is 85.4 Å². The monoisotopic (exact) mass is 402 g/mol. The first-order chi connectivity index (χ1) is 14.7. The molecule has 1 aromatic carbocycles. The lowest BCUT2D eigenvalue weighted by atomic mass is 9.97. The molecule has 8 heteroatoms. The lowest BCUT2D eigenvalue weighted by Gasteiger charge is -2.32. The first-order valence-corrected chi connectivity index (χ1v) is 10.2. The molecule has 152 valence electrons. The van der Waals surface area contributed by atoms with E-state index in [2.05, 4.69) is 15.2 Å². The van der Waals surface area contributed by atoms with Gasteiger partial charge in [-0.25, -0.2) is 4.98 Å². The normalized spacial score (nSPS) is 16.9. The van der Waals surface area contributed by atoms with E-state index in [-0.39, 0.29) is 23.8 Å². The second kappa shape index (κ2) is 7.70. The van der Waals surface area contributed by atoms with Gasteiger partial charge >= 0.3 is 0 Å². The van der Waals surface area contributed by atoms with Gasteiger partial charge in [0.25, 0.3) is 5.56 Å². The lowest BCUT2D eigenvalue weighted by molar-refractivity contribution is -0.132. The van der Waals surface area contributed by atoms with E-state index in [1.807, 2.05) is 51.9 Å². The Morgan fingerprint density at radius 1 is 1.10 bits per heavy atom. The molecule has 0 unspecified atom stereocenters. The Labute approximate surface area is 172 Å². The van der Waals surface area contributed by atoms with E-state index in [9.17, 15) is 9.59 Å². The number of benzene rings is 1. The van der Waals surface area contributed by atoms with Crippen molar-refractivity contribution in [2.24, 2.45) is 0 Å². The van der Waals surface area contributed by atoms with Gasteiger partial charge in [0.1, 0.15) is 5.82 Å². The summed E-state index contributed by atoms with van der Waals surface area (Å²) in [6, 6.07) is 13.1. The quantitative estimate of drug-likeness (QED) is 0.523. The molecule has 0 N–H and O–H groups in total. The molecule has 0 aliphatic carbocycles. The Bertz CT molecular complexity index is 1280. The summed E-state index contributed by atoms with van der Waals surface area (Å²) in [5.41, 5.74) is 1.38. The van der Waals surface area contributed by atoms with Crippen LogP contribution in [0.4, 0.5) is 0 Å². The third kappa shape index (κ3) is 3.34. The fraction of sp³-hybridized carbons (Fsp3) is 0.318. The predicted molar refractivity (Wildman–Crippen MR) is 112 cm³/mol. The fourth-order valence-corrected chi connectivity index (χ4v) is 4.19. The van der Waals surface area contributed by atoms with E-state index in [1.54, 1.807) is 6.07 Å². The van der Waals surface area contributed by atoms with Crippen LogP contribution in [0.15, 0.2) is 59.8 Å². The van der Waals surface area contributed by atoms with E-state index in [1.165, 1.54) is 10.9 Å². The van der Waals surface area contributed by atoms with Crippen molar-refractivity contribution in [3.63, 3.8) is 0 Å². The van der Waals surface area contributed by atoms with Crippen molar-refractivity contribution in [3.05, 3.63) is 71.2 Å². The second-order valence-electron chi connectivity index (χ2n) is 7.68. The smallest absolute Gasteiger partial charge is 0.261 e. The van der Waals surface area contributed by atoms with Crippen molar-refractivity contribution >= 4 is 22.5 Å². The van der Waals surface area contributed by atoms with Crippen LogP contribution in [0.3, 0.4) is 0 Å². The third-order valence-corrected chi connectivity index (χ3v) is 5.78. The Balaban J connectivity index is 1.28. The van der Waals surface area contributed by atoms with E-state index >= 15 is 0 Å². The largest absolute Gasteiger partial charge is 0.342 e. The van der Waals surface area contributed by atoms with Crippen molar-refractivity contribution in [3.8, 4) is 0 Å². The molecule has 30 heavy (non-hydrogen) atoms. The summed E-state index contributed by atoms with van der Waals surface area (Å²) >= 11 is 0. The molecule has 4 heterocycles. The summed E-state index contributed by atoms with van der Waals surface area (Å²) in [5, 5.41) is 9.18. The number of piperidine rings is 1. The van der Waals surface area contributed by atoms with Gasteiger partial charge in [-0.05, 0) is 37.1 Å². The van der Waals surface area contributed by atoms with E-state index in [4.69, 9.17) is 0 Å². The summed E-state index contributed by atoms with van der Waals surface area (Å²) in [4.78, 5) is 31.7. The fourth-order valence-electron chi connectivity index (χ4n) is 4.19. The average molecular weight is 402 g/mol. The molecule has 8 nitrogen and oxygen atoms in total. The van der Waals surface area contributed by atoms with E-state index in [0.717, 1.165) is 30.9 Å². The SMILES string of the molecule is O=C(CCn1cnc2ccccc2c1=O)N1CCC[C@H](c2nnc3ccccn23)C1. The number of likely N-dealkylation sites (tertiary alicyclic amines) is 1. The molecule has 0 saturated carbocycles. The number of aryl methyl sites for hydroxylation is 1. The number of aromatic nitrogens is 5. The molecule has 4 aromatic rings. The van der Waals surface area contributed by atoms with Gasteiger partial charge < -0.3 is 4.90 Å². The van der Waals surface area contributed by atoms with Gasteiger partial charge in [0.15, 0.2) is 5.65 Å². The highest BCUT2D eigenvalue weighted by molar-refractivity contribution is 5.77. The number of para-hydroxylation sites is 1. The van der Waals surface area contributed by atoms with Gasteiger partial charge in [-0.1, -0.05) is 18.2 Å². The van der Waals surface area contributed by atoms with Crippen molar-refractivity contribution in [2.75, 3.05) is 13.1 Å². The highest BCUT2D eigenvalue weighted by atomic mass is 16.2.